The summed E-state index contributed by atoms with van der Waals surface area (Å²) in [5, 5.41) is 3.29. The molecule has 0 aliphatic heterocycles. The molecule has 0 fully saturated rings. The Morgan fingerprint density at radius 3 is 2.81 bits per heavy atom. The zero-order chi connectivity index (χ0) is 12.0. The molecule has 0 saturated heterocycles. The van der Waals surface area contributed by atoms with Crippen molar-refractivity contribution in [3.8, 4) is 0 Å². The minimum Gasteiger partial charge on any atom is -0.399 e. The van der Waals surface area contributed by atoms with E-state index >= 15 is 0 Å². The Kier molecular flexibility index (Phi) is 5.12. The molecule has 0 saturated carbocycles. The molecule has 3 heteroatoms. The summed E-state index contributed by atoms with van der Waals surface area (Å²) in [5.41, 5.74) is 8.72. The summed E-state index contributed by atoms with van der Waals surface area (Å²) < 4.78 is 5.61. The van der Waals surface area contributed by atoms with Gasteiger partial charge in [-0.15, -0.1) is 0 Å². The number of benzene rings is 1. The highest BCUT2D eigenvalue weighted by atomic mass is 16.5. The van der Waals surface area contributed by atoms with Crippen molar-refractivity contribution in [2.45, 2.75) is 39.8 Å². The van der Waals surface area contributed by atoms with Crippen LogP contribution in [-0.2, 0) is 4.74 Å². The Balaban J connectivity index is 2.43. The predicted octanol–water partition coefficient (Wildman–Crippen LogP) is 3.15. The Labute approximate surface area is 98.0 Å². The third kappa shape index (κ3) is 4.11. The van der Waals surface area contributed by atoms with Gasteiger partial charge in [0.2, 0.25) is 0 Å². The van der Waals surface area contributed by atoms with Gasteiger partial charge >= 0.3 is 0 Å². The molecule has 0 aliphatic carbocycles. The van der Waals surface area contributed by atoms with E-state index in [4.69, 9.17) is 10.5 Å². The molecule has 0 heterocycles. The second-order valence-corrected chi connectivity index (χ2v) is 4.08. The molecule has 16 heavy (non-hydrogen) atoms. The molecule has 1 rings (SSSR count). The number of hydrogen-bond acceptors (Lipinski definition) is 3. The third-order valence-electron chi connectivity index (χ3n) is 2.51. The smallest absolute Gasteiger partial charge is 0.124 e. The van der Waals surface area contributed by atoms with Crippen LogP contribution in [0.4, 0.5) is 11.4 Å². The first-order valence-electron chi connectivity index (χ1n) is 5.87. The van der Waals surface area contributed by atoms with Gasteiger partial charge in [0.15, 0.2) is 0 Å². The highest BCUT2D eigenvalue weighted by molar-refractivity contribution is 5.56. The zero-order valence-corrected chi connectivity index (χ0v) is 10.4. The Hall–Kier alpha value is -1.22. The monoisotopic (exact) mass is 222 g/mol. The largest absolute Gasteiger partial charge is 0.399 e. The number of nitrogen functional groups attached to an aromatic ring is 1. The van der Waals surface area contributed by atoms with Crippen molar-refractivity contribution in [1.82, 2.24) is 0 Å². The van der Waals surface area contributed by atoms with Gasteiger partial charge in [0.1, 0.15) is 6.23 Å². The lowest BCUT2D eigenvalue weighted by atomic mass is 10.2. The second-order valence-electron chi connectivity index (χ2n) is 4.08. The average molecular weight is 222 g/mol. The maximum atomic E-state index is 5.76. The number of anilines is 2. The lowest BCUT2D eigenvalue weighted by Gasteiger charge is -2.16. The van der Waals surface area contributed by atoms with Crippen molar-refractivity contribution in [3.05, 3.63) is 23.8 Å². The number of hydrogen-bond donors (Lipinski definition) is 2. The highest BCUT2D eigenvalue weighted by Gasteiger charge is 2.02. The quantitative estimate of drug-likeness (QED) is 0.441. The van der Waals surface area contributed by atoms with Crippen molar-refractivity contribution < 1.29 is 4.74 Å². The molecule has 1 aromatic rings. The van der Waals surface area contributed by atoms with Gasteiger partial charge in [-0.1, -0.05) is 13.3 Å². The fourth-order valence-electron chi connectivity index (χ4n) is 1.45. The topological polar surface area (TPSA) is 47.3 Å². The fraction of sp³-hybridized carbons (Fsp3) is 0.538. The van der Waals surface area contributed by atoms with E-state index in [0.29, 0.717) is 0 Å². The maximum absolute atomic E-state index is 5.76. The molecule has 0 bridgehead atoms. The summed E-state index contributed by atoms with van der Waals surface area (Å²) in [4.78, 5) is 0. The molecule has 3 nitrogen and oxygen atoms in total. The van der Waals surface area contributed by atoms with Crippen LogP contribution in [0.3, 0.4) is 0 Å². The number of aryl methyl sites for hydroxylation is 1. The van der Waals surface area contributed by atoms with E-state index in [1.54, 1.807) is 0 Å². The van der Waals surface area contributed by atoms with Crippen LogP contribution in [0, 0.1) is 6.92 Å². The number of nitrogens with two attached hydrogens (primary N) is 1. The van der Waals surface area contributed by atoms with Gasteiger partial charge in [0.05, 0.1) is 0 Å². The first kappa shape index (κ1) is 12.8. The summed E-state index contributed by atoms with van der Waals surface area (Å²) >= 11 is 0. The van der Waals surface area contributed by atoms with Crippen LogP contribution < -0.4 is 11.1 Å². The molecule has 0 aromatic heterocycles. The Morgan fingerprint density at radius 1 is 1.44 bits per heavy atom. The summed E-state index contributed by atoms with van der Waals surface area (Å²) in [6, 6.07) is 5.92. The van der Waals surface area contributed by atoms with Crippen LogP contribution >= 0.6 is 0 Å². The van der Waals surface area contributed by atoms with Gasteiger partial charge in [-0.05, 0) is 44.0 Å². The molecular formula is C13H22N2O. The van der Waals surface area contributed by atoms with Crippen molar-refractivity contribution >= 4 is 11.4 Å². The standard InChI is InChI=1S/C13H22N2O/c1-4-5-8-16-11(3)15-12-6-7-13(14)10(2)9-12/h6-7,9,11,15H,4-5,8,14H2,1-3H3. The van der Waals surface area contributed by atoms with Crippen LogP contribution in [0.5, 0.6) is 0 Å². The molecular weight excluding hydrogens is 200 g/mol. The SMILES string of the molecule is CCCCOC(C)Nc1ccc(N)c(C)c1. The summed E-state index contributed by atoms with van der Waals surface area (Å²) in [7, 11) is 0. The van der Waals surface area contributed by atoms with Gasteiger partial charge in [-0.2, -0.15) is 0 Å². The van der Waals surface area contributed by atoms with E-state index in [9.17, 15) is 0 Å². The highest BCUT2D eigenvalue weighted by Crippen LogP contribution is 2.17. The summed E-state index contributed by atoms with van der Waals surface area (Å²) in [5.74, 6) is 0. The van der Waals surface area contributed by atoms with E-state index in [-0.39, 0.29) is 6.23 Å². The summed E-state index contributed by atoms with van der Waals surface area (Å²) in [6.07, 6.45) is 2.30. The van der Waals surface area contributed by atoms with Crippen molar-refractivity contribution in [2.24, 2.45) is 0 Å². The van der Waals surface area contributed by atoms with Gasteiger partial charge in [0, 0.05) is 18.0 Å². The first-order valence-corrected chi connectivity index (χ1v) is 5.87. The van der Waals surface area contributed by atoms with Crippen molar-refractivity contribution in [2.75, 3.05) is 17.7 Å². The predicted molar refractivity (Wildman–Crippen MR) is 69.5 cm³/mol. The lowest BCUT2D eigenvalue weighted by Crippen LogP contribution is -2.19. The number of unbranched alkanes of at least 4 members (excludes halogenated alkanes) is 1. The minimum atomic E-state index is 0.0366. The van der Waals surface area contributed by atoms with E-state index in [0.717, 1.165) is 36.4 Å². The number of rotatable bonds is 6. The van der Waals surface area contributed by atoms with Gasteiger partial charge in [0.25, 0.3) is 0 Å². The zero-order valence-electron chi connectivity index (χ0n) is 10.4. The van der Waals surface area contributed by atoms with Crippen molar-refractivity contribution in [3.63, 3.8) is 0 Å². The van der Waals surface area contributed by atoms with Crippen LogP contribution in [0.1, 0.15) is 32.3 Å². The molecule has 0 aliphatic rings. The van der Waals surface area contributed by atoms with Crippen LogP contribution in [0.25, 0.3) is 0 Å². The van der Waals surface area contributed by atoms with Crippen LogP contribution in [-0.4, -0.2) is 12.8 Å². The lowest BCUT2D eigenvalue weighted by molar-refractivity contribution is 0.0825. The first-order chi connectivity index (χ1) is 7.63. The maximum Gasteiger partial charge on any atom is 0.124 e. The van der Waals surface area contributed by atoms with Gasteiger partial charge < -0.3 is 15.8 Å². The Morgan fingerprint density at radius 2 is 2.19 bits per heavy atom. The van der Waals surface area contributed by atoms with E-state index in [2.05, 4.69) is 12.2 Å². The van der Waals surface area contributed by atoms with Crippen LogP contribution in [0.15, 0.2) is 18.2 Å². The molecule has 3 N–H and O–H groups in total. The van der Waals surface area contributed by atoms with E-state index < -0.39 is 0 Å². The number of nitrogens with one attached hydrogen (secondary N) is 1. The van der Waals surface area contributed by atoms with Gasteiger partial charge in [-0.3, -0.25) is 0 Å². The minimum absolute atomic E-state index is 0.0366. The molecule has 0 amide bonds. The molecule has 1 aromatic carbocycles. The van der Waals surface area contributed by atoms with Gasteiger partial charge in [-0.25, -0.2) is 0 Å². The van der Waals surface area contributed by atoms with E-state index in [1.165, 1.54) is 0 Å². The molecule has 1 atom stereocenters. The van der Waals surface area contributed by atoms with Crippen LogP contribution in [0.2, 0.25) is 0 Å². The number of ether oxygens (including phenoxy) is 1. The molecule has 1 unspecified atom stereocenters. The molecule has 0 radical (unpaired) electrons. The van der Waals surface area contributed by atoms with E-state index in [1.807, 2.05) is 32.0 Å². The third-order valence-corrected chi connectivity index (χ3v) is 2.51. The molecule has 0 spiro atoms. The average Bonchev–Trinajstić information content (AvgIpc) is 2.24. The Bertz CT molecular complexity index is 326. The summed E-state index contributed by atoms with van der Waals surface area (Å²) in [6.45, 7) is 6.98. The second kappa shape index (κ2) is 6.38. The fourth-order valence-corrected chi connectivity index (χ4v) is 1.45. The normalized spacial score (nSPS) is 12.4. The molecule has 90 valence electrons. The van der Waals surface area contributed by atoms with Crippen molar-refractivity contribution in [1.29, 1.82) is 0 Å².